The van der Waals surface area contributed by atoms with Crippen LogP contribution in [0.25, 0.3) is 10.2 Å². The second kappa shape index (κ2) is 5.49. The minimum absolute atomic E-state index is 0.502. The van der Waals surface area contributed by atoms with Crippen molar-refractivity contribution in [2.45, 2.75) is 0 Å². The maximum atomic E-state index is 4.38. The first-order chi connectivity index (χ1) is 10.2. The third kappa shape index (κ3) is 2.84. The van der Waals surface area contributed by atoms with Crippen LogP contribution < -0.4 is 15.5 Å². The molecule has 21 heavy (non-hydrogen) atoms. The Kier molecular flexibility index (Phi) is 3.53. The summed E-state index contributed by atoms with van der Waals surface area (Å²) in [6, 6.07) is 5.96. The summed E-state index contributed by atoms with van der Waals surface area (Å²) in [4.78, 5) is 19.1. The van der Waals surface area contributed by atoms with Gasteiger partial charge in [-0.05, 0) is 18.2 Å². The molecule has 3 aromatic rings. The van der Waals surface area contributed by atoms with E-state index < -0.39 is 0 Å². The van der Waals surface area contributed by atoms with Crippen LogP contribution in [0.3, 0.4) is 0 Å². The average Bonchev–Trinajstić information content (AvgIpc) is 2.94. The van der Waals surface area contributed by atoms with Gasteiger partial charge in [0, 0.05) is 26.8 Å². The smallest absolute Gasteiger partial charge is 0.233 e. The van der Waals surface area contributed by atoms with E-state index in [-0.39, 0.29) is 0 Å². The van der Waals surface area contributed by atoms with Crippen LogP contribution in [0.2, 0.25) is 0 Å². The predicted molar refractivity (Wildman–Crippen MR) is 86.6 cm³/mol. The van der Waals surface area contributed by atoms with Crippen molar-refractivity contribution < 1.29 is 0 Å². The lowest BCUT2D eigenvalue weighted by Crippen LogP contribution is -2.15. The molecule has 0 amide bonds. The molecule has 0 aliphatic rings. The molecular formula is C13H15N7S. The van der Waals surface area contributed by atoms with Crippen molar-refractivity contribution in [3.8, 4) is 0 Å². The number of hydrogen-bond acceptors (Lipinski definition) is 8. The highest BCUT2D eigenvalue weighted by Gasteiger charge is 2.08. The highest BCUT2D eigenvalue weighted by molar-refractivity contribution is 7.16. The molecule has 7 nitrogen and oxygen atoms in total. The number of thiazole rings is 1. The summed E-state index contributed by atoms with van der Waals surface area (Å²) in [6.07, 6.45) is 0. The standard InChI is InChI=1S/C13H15N7S/c1-14-11-17-12(19-13(18-11)20(2)3)16-8-4-5-9-10(6-8)21-7-15-9/h4-7H,1-3H3,(H2,14,16,17,18,19). The molecule has 0 atom stereocenters. The SMILES string of the molecule is CNc1nc(Nc2ccc3ncsc3c2)nc(N(C)C)n1. The molecule has 108 valence electrons. The lowest BCUT2D eigenvalue weighted by molar-refractivity contribution is 0.963. The summed E-state index contributed by atoms with van der Waals surface area (Å²) >= 11 is 1.60. The molecular weight excluding hydrogens is 286 g/mol. The fraction of sp³-hybridized carbons (Fsp3) is 0.231. The molecule has 0 saturated heterocycles. The van der Waals surface area contributed by atoms with Crippen molar-refractivity contribution in [1.29, 1.82) is 0 Å². The van der Waals surface area contributed by atoms with E-state index in [9.17, 15) is 0 Å². The maximum absolute atomic E-state index is 4.38. The number of rotatable bonds is 4. The summed E-state index contributed by atoms with van der Waals surface area (Å²) in [5.74, 6) is 1.62. The fourth-order valence-corrected chi connectivity index (χ4v) is 2.51. The Hall–Kier alpha value is -2.48. The predicted octanol–water partition coefficient (Wildman–Crippen LogP) is 2.33. The van der Waals surface area contributed by atoms with Crippen LogP contribution in [-0.4, -0.2) is 41.1 Å². The van der Waals surface area contributed by atoms with Crippen molar-refractivity contribution in [2.24, 2.45) is 0 Å². The Morgan fingerprint density at radius 1 is 1.10 bits per heavy atom. The normalized spacial score (nSPS) is 10.6. The molecule has 3 rings (SSSR count). The fourth-order valence-electron chi connectivity index (χ4n) is 1.79. The molecule has 0 unspecified atom stereocenters. The van der Waals surface area contributed by atoms with Crippen molar-refractivity contribution in [1.82, 2.24) is 19.9 Å². The van der Waals surface area contributed by atoms with Crippen molar-refractivity contribution in [2.75, 3.05) is 36.7 Å². The lowest BCUT2D eigenvalue weighted by atomic mass is 10.3. The summed E-state index contributed by atoms with van der Waals surface area (Å²) in [6.45, 7) is 0. The number of nitrogens with zero attached hydrogens (tertiary/aromatic N) is 5. The van der Waals surface area contributed by atoms with Crippen LogP contribution in [0.1, 0.15) is 0 Å². The molecule has 2 N–H and O–H groups in total. The zero-order chi connectivity index (χ0) is 14.8. The van der Waals surface area contributed by atoms with E-state index in [1.165, 1.54) is 0 Å². The molecule has 2 aromatic heterocycles. The summed E-state index contributed by atoms with van der Waals surface area (Å²) in [5.41, 5.74) is 3.75. The third-order valence-electron chi connectivity index (χ3n) is 2.83. The van der Waals surface area contributed by atoms with Gasteiger partial charge in [0.15, 0.2) is 0 Å². The highest BCUT2D eigenvalue weighted by Crippen LogP contribution is 2.24. The molecule has 0 saturated carbocycles. The van der Waals surface area contributed by atoms with Crippen LogP contribution in [0, 0.1) is 0 Å². The number of fused-ring (bicyclic) bond motifs is 1. The number of anilines is 4. The van der Waals surface area contributed by atoms with E-state index in [2.05, 4.69) is 30.6 Å². The van der Waals surface area contributed by atoms with Crippen LogP contribution in [0.4, 0.5) is 23.5 Å². The molecule has 0 aliphatic carbocycles. The van der Waals surface area contributed by atoms with Gasteiger partial charge >= 0.3 is 0 Å². The van der Waals surface area contributed by atoms with E-state index in [4.69, 9.17) is 0 Å². The average molecular weight is 301 g/mol. The van der Waals surface area contributed by atoms with Gasteiger partial charge in [0.25, 0.3) is 0 Å². The molecule has 0 spiro atoms. The first-order valence-corrected chi connectivity index (χ1v) is 7.25. The third-order valence-corrected chi connectivity index (χ3v) is 3.63. The zero-order valence-electron chi connectivity index (χ0n) is 12.0. The Bertz CT molecular complexity index is 768. The second-order valence-electron chi connectivity index (χ2n) is 4.59. The van der Waals surface area contributed by atoms with Crippen molar-refractivity contribution >= 4 is 45.1 Å². The topological polar surface area (TPSA) is 78.9 Å². The summed E-state index contributed by atoms with van der Waals surface area (Å²) in [5, 5.41) is 6.14. The van der Waals surface area contributed by atoms with Crippen LogP contribution >= 0.6 is 11.3 Å². The molecule has 0 fully saturated rings. The first kappa shape index (κ1) is 13.5. The second-order valence-corrected chi connectivity index (χ2v) is 5.47. The van der Waals surface area contributed by atoms with Gasteiger partial charge < -0.3 is 15.5 Å². The number of aromatic nitrogens is 4. The van der Waals surface area contributed by atoms with Gasteiger partial charge in [0.05, 0.1) is 15.7 Å². The van der Waals surface area contributed by atoms with Gasteiger partial charge in [-0.15, -0.1) is 11.3 Å². The first-order valence-electron chi connectivity index (χ1n) is 6.37. The quantitative estimate of drug-likeness (QED) is 0.765. The Balaban J connectivity index is 1.94. The lowest BCUT2D eigenvalue weighted by Gasteiger charge is -2.13. The van der Waals surface area contributed by atoms with Crippen molar-refractivity contribution in [3.05, 3.63) is 23.7 Å². The van der Waals surface area contributed by atoms with E-state index in [1.54, 1.807) is 18.4 Å². The van der Waals surface area contributed by atoms with E-state index in [0.717, 1.165) is 15.9 Å². The van der Waals surface area contributed by atoms with Gasteiger partial charge in [-0.3, -0.25) is 0 Å². The van der Waals surface area contributed by atoms with E-state index in [1.807, 2.05) is 42.7 Å². The minimum atomic E-state index is 0.502. The molecule has 0 aliphatic heterocycles. The molecule has 0 radical (unpaired) electrons. The summed E-state index contributed by atoms with van der Waals surface area (Å²) < 4.78 is 1.12. The van der Waals surface area contributed by atoms with Gasteiger partial charge in [-0.2, -0.15) is 15.0 Å². The highest BCUT2D eigenvalue weighted by atomic mass is 32.1. The number of hydrogen-bond donors (Lipinski definition) is 2. The largest absolute Gasteiger partial charge is 0.357 e. The van der Waals surface area contributed by atoms with Crippen LogP contribution in [0.15, 0.2) is 23.7 Å². The summed E-state index contributed by atoms with van der Waals surface area (Å²) in [7, 11) is 5.56. The Morgan fingerprint density at radius 2 is 1.90 bits per heavy atom. The zero-order valence-corrected chi connectivity index (χ0v) is 12.8. The van der Waals surface area contributed by atoms with E-state index in [0.29, 0.717) is 17.8 Å². The van der Waals surface area contributed by atoms with Gasteiger partial charge in [0.2, 0.25) is 17.8 Å². The number of nitrogens with one attached hydrogen (secondary N) is 2. The molecule has 0 bridgehead atoms. The van der Waals surface area contributed by atoms with Gasteiger partial charge in [0.1, 0.15) is 0 Å². The molecule has 2 heterocycles. The van der Waals surface area contributed by atoms with Gasteiger partial charge in [-0.1, -0.05) is 0 Å². The Labute approximate surface area is 126 Å². The van der Waals surface area contributed by atoms with Crippen LogP contribution in [0.5, 0.6) is 0 Å². The van der Waals surface area contributed by atoms with Gasteiger partial charge in [-0.25, -0.2) is 4.98 Å². The monoisotopic (exact) mass is 301 g/mol. The molecule has 8 heteroatoms. The Morgan fingerprint density at radius 3 is 2.67 bits per heavy atom. The van der Waals surface area contributed by atoms with E-state index >= 15 is 0 Å². The van der Waals surface area contributed by atoms with Crippen LogP contribution in [-0.2, 0) is 0 Å². The maximum Gasteiger partial charge on any atom is 0.233 e. The molecule has 1 aromatic carbocycles. The number of benzene rings is 1. The van der Waals surface area contributed by atoms with Crippen molar-refractivity contribution in [3.63, 3.8) is 0 Å². The minimum Gasteiger partial charge on any atom is -0.357 e.